The molecule has 2 aromatic heterocycles. The maximum Gasteiger partial charge on any atom is 0.391 e. The maximum absolute atomic E-state index is 11.6. The minimum Gasteiger partial charge on any atom is -0.399 e. The molecule has 126 valence electrons. The third-order valence-electron chi connectivity index (χ3n) is 4.02. The number of carbonyl (C=O) groups is 1. The molecule has 4 rings (SSSR count). The third kappa shape index (κ3) is 3.14. The number of aromatic nitrogens is 4. The molecule has 25 heavy (non-hydrogen) atoms. The number of nitrogens with two attached hydrogens (primary N) is 2. The molecule has 0 aliphatic heterocycles. The van der Waals surface area contributed by atoms with E-state index in [1.807, 2.05) is 47.6 Å². The molecular formula is C17H18N7O+. The first-order valence-corrected chi connectivity index (χ1v) is 7.99. The number of primary amides is 1. The Hall–Kier alpha value is -3.42. The number of amides is 1. The number of nitrogens with zero attached hydrogens (tertiary/aromatic N) is 4. The summed E-state index contributed by atoms with van der Waals surface area (Å²) in [6.07, 6.45) is 9.19. The van der Waals surface area contributed by atoms with E-state index in [-0.39, 0.29) is 0 Å². The van der Waals surface area contributed by atoms with E-state index in [2.05, 4.69) is 15.3 Å². The van der Waals surface area contributed by atoms with Gasteiger partial charge in [0.05, 0.1) is 18.1 Å². The van der Waals surface area contributed by atoms with Crippen LogP contribution in [0.2, 0.25) is 0 Å². The lowest BCUT2D eigenvalue weighted by molar-refractivity contribution is -0.602. The van der Waals surface area contributed by atoms with Crippen molar-refractivity contribution in [2.24, 2.45) is 5.73 Å². The summed E-state index contributed by atoms with van der Waals surface area (Å²) in [5, 5.41) is 3.23. The normalized spacial score (nSPS) is 13.6. The minimum absolute atomic E-state index is 0.300. The number of hydrogen-bond acceptors (Lipinski definition) is 5. The predicted molar refractivity (Wildman–Crippen MR) is 92.5 cm³/mol. The fraction of sp³-hybridized carbons (Fsp3) is 0.176. The molecule has 1 aliphatic rings. The van der Waals surface area contributed by atoms with Crippen molar-refractivity contribution in [2.75, 3.05) is 11.1 Å². The van der Waals surface area contributed by atoms with Crippen LogP contribution in [0.25, 0.3) is 11.6 Å². The molecule has 5 N–H and O–H groups in total. The van der Waals surface area contributed by atoms with Gasteiger partial charge in [-0.1, -0.05) is 4.98 Å². The second-order valence-electron chi connectivity index (χ2n) is 6.03. The van der Waals surface area contributed by atoms with Crippen molar-refractivity contribution in [3.63, 3.8) is 0 Å². The number of carbonyl (C=O) groups excluding carboxylic acids is 1. The van der Waals surface area contributed by atoms with Crippen LogP contribution in [0.1, 0.15) is 23.2 Å². The Labute approximate surface area is 144 Å². The molecule has 0 spiro atoms. The van der Waals surface area contributed by atoms with Gasteiger partial charge >= 0.3 is 5.95 Å². The molecule has 0 saturated heterocycles. The highest BCUT2D eigenvalue weighted by atomic mass is 16.1. The molecule has 2 heterocycles. The molecular weight excluding hydrogens is 318 g/mol. The van der Waals surface area contributed by atoms with Gasteiger partial charge in [0.15, 0.2) is 6.33 Å². The third-order valence-corrected chi connectivity index (χ3v) is 4.02. The first-order chi connectivity index (χ1) is 12.1. The van der Waals surface area contributed by atoms with Gasteiger partial charge in [0.1, 0.15) is 11.8 Å². The highest BCUT2D eigenvalue weighted by Gasteiger charge is 2.26. The summed E-state index contributed by atoms with van der Waals surface area (Å²) in [5.41, 5.74) is 13.1. The van der Waals surface area contributed by atoms with Crippen molar-refractivity contribution in [3.8, 4) is 11.6 Å². The Balaban J connectivity index is 1.67. The Morgan fingerprint density at radius 2 is 2.04 bits per heavy atom. The topological polar surface area (TPSA) is 116 Å². The van der Waals surface area contributed by atoms with Crippen molar-refractivity contribution in [3.05, 3.63) is 54.7 Å². The minimum atomic E-state index is -0.542. The lowest BCUT2D eigenvalue weighted by Gasteiger charge is -2.04. The molecule has 1 aliphatic carbocycles. The summed E-state index contributed by atoms with van der Waals surface area (Å²) in [7, 11) is 0. The first-order valence-electron chi connectivity index (χ1n) is 7.99. The zero-order valence-corrected chi connectivity index (χ0v) is 13.5. The molecule has 0 bridgehead atoms. The van der Waals surface area contributed by atoms with Gasteiger partial charge in [-0.3, -0.25) is 9.36 Å². The maximum atomic E-state index is 11.6. The smallest absolute Gasteiger partial charge is 0.391 e. The lowest BCUT2D eigenvalue weighted by Crippen LogP contribution is -2.32. The number of benzene rings is 1. The predicted octanol–water partition coefficient (Wildman–Crippen LogP) is 0.799. The summed E-state index contributed by atoms with van der Waals surface area (Å²) in [4.78, 5) is 20.3. The van der Waals surface area contributed by atoms with Crippen molar-refractivity contribution < 1.29 is 9.36 Å². The van der Waals surface area contributed by atoms with Crippen molar-refractivity contribution >= 4 is 17.4 Å². The van der Waals surface area contributed by atoms with Crippen LogP contribution in [0, 0.1) is 0 Å². The monoisotopic (exact) mass is 336 g/mol. The molecule has 8 nitrogen and oxygen atoms in total. The average molecular weight is 336 g/mol. The van der Waals surface area contributed by atoms with E-state index in [9.17, 15) is 4.79 Å². The first kappa shape index (κ1) is 15.1. The van der Waals surface area contributed by atoms with E-state index in [1.54, 1.807) is 4.57 Å². The van der Waals surface area contributed by atoms with Gasteiger partial charge in [-0.05, 0) is 37.1 Å². The number of nitrogen functional groups attached to an aromatic ring is 1. The molecule has 3 aromatic rings. The highest BCUT2D eigenvalue weighted by Crippen LogP contribution is 2.25. The number of imidazole rings is 1. The van der Waals surface area contributed by atoms with Crippen LogP contribution >= 0.6 is 0 Å². The Morgan fingerprint density at radius 3 is 2.72 bits per heavy atom. The summed E-state index contributed by atoms with van der Waals surface area (Å²) >= 11 is 0. The second kappa shape index (κ2) is 5.90. The number of nitrogens with one attached hydrogen (secondary N) is 1. The fourth-order valence-electron chi connectivity index (χ4n) is 2.48. The van der Waals surface area contributed by atoms with E-state index in [0.29, 0.717) is 29.1 Å². The lowest BCUT2D eigenvalue weighted by atomic mass is 10.3. The molecule has 1 amide bonds. The Morgan fingerprint density at radius 1 is 1.28 bits per heavy atom. The van der Waals surface area contributed by atoms with Crippen molar-refractivity contribution in [1.29, 1.82) is 0 Å². The molecule has 1 fully saturated rings. The van der Waals surface area contributed by atoms with Crippen LogP contribution in [0.5, 0.6) is 0 Å². The highest BCUT2D eigenvalue weighted by molar-refractivity contribution is 5.97. The van der Waals surface area contributed by atoms with E-state index < -0.39 is 5.91 Å². The zero-order chi connectivity index (χ0) is 17.4. The van der Waals surface area contributed by atoms with E-state index in [4.69, 9.17) is 11.5 Å². The Bertz CT molecular complexity index is 928. The van der Waals surface area contributed by atoms with Crippen LogP contribution in [0.3, 0.4) is 0 Å². The van der Waals surface area contributed by atoms with Gasteiger partial charge < -0.3 is 16.8 Å². The molecule has 1 saturated carbocycles. The second-order valence-corrected chi connectivity index (χ2v) is 6.03. The van der Waals surface area contributed by atoms with Gasteiger partial charge in [0.25, 0.3) is 5.91 Å². The zero-order valence-electron chi connectivity index (χ0n) is 13.5. The van der Waals surface area contributed by atoms with Crippen molar-refractivity contribution in [1.82, 2.24) is 14.5 Å². The van der Waals surface area contributed by atoms with Gasteiger partial charge in [-0.15, -0.1) is 4.98 Å². The SMILES string of the molecule is NC(=O)c1cnc(-[n+]2ccn(-c3ccc(N)cc3)c2)nc1NC1CC1. The van der Waals surface area contributed by atoms with Crippen LogP contribution in [-0.4, -0.2) is 26.5 Å². The fourth-order valence-corrected chi connectivity index (χ4v) is 2.48. The van der Waals surface area contributed by atoms with Crippen LogP contribution in [0.15, 0.2) is 49.2 Å². The molecule has 8 heteroatoms. The van der Waals surface area contributed by atoms with E-state index in [0.717, 1.165) is 18.5 Å². The number of hydrogen-bond donors (Lipinski definition) is 3. The van der Waals surface area contributed by atoms with Crippen LogP contribution < -0.4 is 21.4 Å². The average Bonchev–Trinajstić information content (AvgIpc) is 3.28. The molecule has 0 radical (unpaired) electrons. The molecule has 1 aromatic carbocycles. The Kier molecular flexibility index (Phi) is 3.57. The van der Waals surface area contributed by atoms with Gasteiger partial charge in [0, 0.05) is 11.7 Å². The molecule has 0 unspecified atom stereocenters. The van der Waals surface area contributed by atoms with Crippen LogP contribution in [0.4, 0.5) is 11.5 Å². The number of rotatable bonds is 5. The van der Waals surface area contributed by atoms with E-state index >= 15 is 0 Å². The summed E-state index contributed by atoms with van der Waals surface area (Å²) < 4.78 is 3.71. The summed E-state index contributed by atoms with van der Waals surface area (Å²) in [5.74, 6) is 0.397. The molecule has 0 atom stereocenters. The largest absolute Gasteiger partial charge is 0.399 e. The van der Waals surface area contributed by atoms with Crippen molar-refractivity contribution in [2.45, 2.75) is 18.9 Å². The van der Waals surface area contributed by atoms with Gasteiger partial charge in [-0.2, -0.15) is 4.57 Å². The van der Waals surface area contributed by atoms with E-state index in [1.165, 1.54) is 6.20 Å². The quantitative estimate of drug-likeness (QED) is 0.471. The van der Waals surface area contributed by atoms with Gasteiger partial charge in [-0.25, -0.2) is 0 Å². The van der Waals surface area contributed by atoms with Crippen LogP contribution in [-0.2, 0) is 0 Å². The number of anilines is 2. The standard InChI is InChI=1S/C17H17N7O/c18-11-1-5-13(6-2-11)23-7-8-24(10-23)17-20-9-14(15(19)25)16(22-17)21-12-3-4-12/h1-2,5-10,12H,3-4,18H2,(H2-,19,20,21,22,25)/p+1. The van der Waals surface area contributed by atoms with Gasteiger partial charge in [0.2, 0.25) is 5.82 Å². The summed E-state index contributed by atoms with van der Waals surface area (Å²) in [6.45, 7) is 0. The summed E-state index contributed by atoms with van der Waals surface area (Å²) in [6, 6.07) is 7.89.